The minimum atomic E-state index is -0.851. The summed E-state index contributed by atoms with van der Waals surface area (Å²) < 4.78 is 9.57. The van der Waals surface area contributed by atoms with E-state index < -0.39 is 10.7 Å². The Bertz CT molecular complexity index is 917. The molecule has 0 bridgehead atoms. The molecular formula is C13H16N8OS. The predicted octanol–water partition coefficient (Wildman–Crippen LogP) is 0.690. The van der Waals surface area contributed by atoms with E-state index in [1.54, 1.807) is 12.4 Å². The van der Waals surface area contributed by atoms with Crippen LogP contribution in [0.5, 0.6) is 0 Å². The fraction of sp³-hybridized carbons (Fsp3) is 0.308. The summed E-state index contributed by atoms with van der Waals surface area (Å²) >= 11 is 0. The molecule has 0 aliphatic heterocycles. The Morgan fingerprint density at radius 2 is 2.09 bits per heavy atom. The van der Waals surface area contributed by atoms with E-state index >= 15 is 0 Å². The second-order valence-electron chi connectivity index (χ2n) is 4.95. The molecular weight excluding hydrogens is 316 g/mol. The molecule has 0 saturated carbocycles. The molecule has 3 aromatic heterocycles. The van der Waals surface area contributed by atoms with Gasteiger partial charge in [0, 0.05) is 23.7 Å². The number of aromatic amines is 1. The largest absolute Gasteiger partial charge is 0.382 e. The highest BCUT2D eigenvalue weighted by Gasteiger charge is 2.15. The average Bonchev–Trinajstić information content (AvgIpc) is 2.86. The van der Waals surface area contributed by atoms with Gasteiger partial charge in [0.05, 0.1) is 6.54 Å². The molecule has 120 valence electrons. The Morgan fingerprint density at radius 3 is 2.78 bits per heavy atom. The van der Waals surface area contributed by atoms with Gasteiger partial charge in [0.1, 0.15) is 11.8 Å². The van der Waals surface area contributed by atoms with E-state index in [0.717, 1.165) is 12.0 Å². The number of anilines is 1. The van der Waals surface area contributed by atoms with Gasteiger partial charge in [0.15, 0.2) is 11.5 Å². The number of nitrogens with two attached hydrogens (primary N) is 1. The van der Waals surface area contributed by atoms with Crippen LogP contribution in [-0.2, 0) is 17.2 Å². The second-order valence-corrected chi connectivity index (χ2v) is 6.50. The zero-order valence-electron chi connectivity index (χ0n) is 12.5. The van der Waals surface area contributed by atoms with Crippen molar-refractivity contribution >= 4 is 27.7 Å². The molecule has 0 aromatic carbocycles. The normalized spacial score (nSPS) is 12.6. The van der Waals surface area contributed by atoms with Gasteiger partial charge in [-0.2, -0.15) is 0 Å². The molecule has 0 spiro atoms. The van der Waals surface area contributed by atoms with Gasteiger partial charge in [0.2, 0.25) is 5.16 Å². The van der Waals surface area contributed by atoms with Crippen molar-refractivity contribution in [2.75, 3.05) is 11.5 Å². The summed E-state index contributed by atoms with van der Waals surface area (Å²) in [5, 5.41) is 0.355. The molecule has 0 amide bonds. The van der Waals surface area contributed by atoms with Crippen molar-refractivity contribution in [2.45, 2.75) is 25.0 Å². The summed E-state index contributed by atoms with van der Waals surface area (Å²) in [6, 6.07) is 0. The third-order valence-corrected chi connectivity index (χ3v) is 4.65. The number of nitrogens with one attached hydrogen (secondary N) is 2. The van der Waals surface area contributed by atoms with Crippen molar-refractivity contribution < 1.29 is 0 Å². The summed E-state index contributed by atoms with van der Waals surface area (Å²) in [5.74, 6) is 0.845. The molecule has 10 heteroatoms. The van der Waals surface area contributed by atoms with Gasteiger partial charge in [-0.25, -0.2) is 24.7 Å². The van der Waals surface area contributed by atoms with Crippen molar-refractivity contribution in [3.05, 3.63) is 34.8 Å². The van der Waals surface area contributed by atoms with Crippen molar-refractivity contribution in [1.82, 2.24) is 29.5 Å². The first-order valence-electron chi connectivity index (χ1n) is 7.02. The molecule has 0 fully saturated rings. The maximum Gasteiger partial charge on any atom is 0.328 e. The van der Waals surface area contributed by atoms with E-state index in [1.165, 1.54) is 10.9 Å². The summed E-state index contributed by atoms with van der Waals surface area (Å²) in [4.78, 5) is 31.3. The fourth-order valence-corrected chi connectivity index (χ4v) is 3.17. The van der Waals surface area contributed by atoms with Gasteiger partial charge in [-0.3, -0.25) is 9.35 Å². The second kappa shape index (κ2) is 6.24. The minimum Gasteiger partial charge on any atom is -0.382 e. The van der Waals surface area contributed by atoms with E-state index in [-0.39, 0.29) is 18.1 Å². The topological polar surface area (TPSA) is 139 Å². The van der Waals surface area contributed by atoms with Crippen molar-refractivity contribution in [3.63, 3.8) is 0 Å². The molecule has 1 unspecified atom stereocenters. The van der Waals surface area contributed by atoms with E-state index in [1.807, 2.05) is 6.92 Å². The first-order valence-corrected chi connectivity index (χ1v) is 8.41. The molecule has 3 rings (SSSR count). The lowest BCUT2D eigenvalue weighted by Crippen LogP contribution is -2.18. The van der Waals surface area contributed by atoms with Crippen molar-refractivity contribution in [2.24, 2.45) is 0 Å². The highest BCUT2D eigenvalue weighted by atomic mass is 32.2. The quantitative estimate of drug-likeness (QED) is 0.587. The van der Waals surface area contributed by atoms with Gasteiger partial charge in [-0.1, -0.05) is 6.92 Å². The summed E-state index contributed by atoms with van der Waals surface area (Å²) in [6.07, 6.45) is 5.55. The number of nitrogen functional groups attached to an aromatic ring is 1. The highest BCUT2D eigenvalue weighted by molar-refractivity contribution is 7.85. The van der Waals surface area contributed by atoms with Gasteiger partial charge in [-0.05, 0) is 17.1 Å². The van der Waals surface area contributed by atoms with Crippen LogP contribution in [0.2, 0.25) is 0 Å². The van der Waals surface area contributed by atoms with E-state index in [4.69, 9.17) is 10.5 Å². The monoisotopic (exact) mass is 332 g/mol. The molecule has 0 aliphatic rings. The van der Waals surface area contributed by atoms with Crippen LogP contribution in [0.15, 0.2) is 28.7 Å². The fourth-order valence-electron chi connectivity index (χ4n) is 2.18. The van der Waals surface area contributed by atoms with Crippen molar-refractivity contribution in [3.8, 4) is 0 Å². The Morgan fingerprint density at radius 1 is 1.35 bits per heavy atom. The van der Waals surface area contributed by atoms with E-state index in [2.05, 4.69) is 24.9 Å². The Hall–Kier alpha value is -2.62. The highest BCUT2D eigenvalue weighted by Crippen LogP contribution is 2.17. The lowest BCUT2D eigenvalue weighted by atomic mass is 10.3. The first kappa shape index (κ1) is 15.3. The van der Waals surface area contributed by atoms with Gasteiger partial charge >= 0.3 is 5.69 Å². The van der Waals surface area contributed by atoms with E-state index in [0.29, 0.717) is 22.1 Å². The predicted molar refractivity (Wildman–Crippen MR) is 87.2 cm³/mol. The number of rotatable bonds is 5. The zero-order valence-corrected chi connectivity index (χ0v) is 13.3. The number of nitrogens with zero attached hydrogens (tertiary/aromatic N) is 5. The zero-order chi connectivity index (χ0) is 16.4. The maximum absolute atomic E-state index is 12.2. The lowest BCUT2D eigenvalue weighted by molar-refractivity contribution is 0.763. The van der Waals surface area contributed by atoms with Crippen LogP contribution >= 0.6 is 0 Å². The standard InChI is InChI=1S/C13H16N8OS/c1-2-3-23(15)12-19-10(14)9-11(20-12)21(13(22)18-9)6-8-4-16-7-17-5-8/h4-5,7,15H,2-3,6H2,1H3,(H,18,22)(H2,14,19,20). The number of fused-ring (bicyclic) bond motifs is 1. The summed E-state index contributed by atoms with van der Waals surface area (Å²) in [6.45, 7) is 2.27. The smallest absolute Gasteiger partial charge is 0.328 e. The van der Waals surface area contributed by atoms with Gasteiger partial charge in [0.25, 0.3) is 0 Å². The SMILES string of the molecule is CCCS(=N)c1nc(N)c2[nH]c(=O)n(Cc3cncnc3)c2n1. The van der Waals surface area contributed by atoms with Gasteiger partial charge in [-0.15, -0.1) is 0 Å². The Kier molecular flexibility index (Phi) is 4.15. The maximum atomic E-state index is 12.2. The van der Waals surface area contributed by atoms with Gasteiger partial charge < -0.3 is 10.7 Å². The molecule has 9 nitrogen and oxygen atoms in total. The average molecular weight is 332 g/mol. The molecule has 3 aromatic rings. The minimum absolute atomic E-state index is 0.186. The number of imidazole rings is 1. The first-order chi connectivity index (χ1) is 11.1. The van der Waals surface area contributed by atoms with E-state index in [9.17, 15) is 4.79 Å². The summed E-state index contributed by atoms with van der Waals surface area (Å²) in [5.41, 5.74) is 7.17. The molecule has 23 heavy (non-hydrogen) atoms. The van der Waals surface area contributed by atoms with Crippen LogP contribution in [0.1, 0.15) is 18.9 Å². The third kappa shape index (κ3) is 2.97. The van der Waals surface area contributed by atoms with Crippen LogP contribution in [0, 0.1) is 4.78 Å². The Labute approximate surface area is 133 Å². The van der Waals surface area contributed by atoms with Crippen LogP contribution in [0.25, 0.3) is 11.2 Å². The molecule has 0 radical (unpaired) electrons. The number of H-pyrrole nitrogens is 1. The molecule has 4 N–H and O–H groups in total. The number of aromatic nitrogens is 6. The van der Waals surface area contributed by atoms with Crippen LogP contribution in [0.3, 0.4) is 0 Å². The van der Waals surface area contributed by atoms with Crippen LogP contribution in [0.4, 0.5) is 5.82 Å². The number of hydrogen-bond donors (Lipinski definition) is 3. The van der Waals surface area contributed by atoms with Crippen molar-refractivity contribution in [1.29, 1.82) is 4.78 Å². The third-order valence-electron chi connectivity index (χ3n) is 3.21. The molecule has 0 saturated heterocycles. The van der Waals surface area contributed by atoms with Crippen LogP contribution in [-0.4, -0.2) is 35.2 Å². The van der Waals surface area contributed by atoms with Crippen LogP contribution < -0.4 is 11.4 Å². The number of hydrogen-bond acceptors (Lipinski definition) is 7. The Balaban J connectivity index is 2.12. The molecule has 1 atom stereocenters. The molecule has 3 heterocycles. The summed E-state index contributed by atoms with van der Waals surface area (Å²) in [7, 11) is -0.851. The lowest BCUT2D eigenvalue weighted by Gasteiger charge is -2.06. The molecule has 0 aliphatic carbocycles.